The summed E-state index contributed by atoms with van der Waals surface area (Å²) in [6.07, 6.45) is 4.43. The van der Waals surface area contributed by atoms with Crippen LogP contribution in [0.2, 0.25) is 0 Å². The number of pyridine rings is 1. The summed E-state index contributed by atoms with van der Waals surface area (Å²) in [6, 6.07) is 4.05. The second-order valence-electron chi connectivity index (χ2n) is 7.22. The topological polar surface area (TPSA) is 120 Å². The van der Waals surface area contributed by atoms with Crippen molar-refractivity contribution in [3.05, 3.63) is 29.6 Å². The Labute approximate surface area is 164 Å². The number of ether oxygens (including phenoxy) is 1. The van der Waals surface area contributed by atoms with Crippen LogP contribution in [0.25, 0.3) is 11.0 Å². The zero-order chi connectivity index (χ0) is 20.3. The van der Waals surface area contributed by atoms with Gasteiger partial charge in [-0.3, -0.25) is 0 Å². The number of nitrogens with one attached hydrogen (secondary N) is 1. The SMILES string of the molecule is CN1CCC(n2c(CCOC(N)=O)c(CNS(C)(=O)=O)c3cccnc32)CC1. The Morgan fingerprint density at radius 1 is 1.39 bits per heavy atom. The molecule has 2 aromatic heterocycles. The summed E-state index contributed by atoms with van der Waals surface area (Å²) in [5.74, 6) is 0. The number of nitrogens with two attached hydrogens (primary N) is 1. The summed E-state index contributed by atoms with van der Waals surface area (Å²) in [6.45, 7) is 2.24. The van der Waals surface area contributed by atoms with Crippen molar-refractivity contribution in [3.63, 3.8) is 0 Å². The number of likely N-dealkylation sites (tertiary alicyclic amines) is 1. The van der Waals surface area contributed by atoms with E-state index >= 15 is 0 Å². The Hall–Kier alpha value is -2.17. The van der Waals surface area contributed by atoms with Crippen LogP contribution in [0.1, 0.15) is 30.1 Å². The van der Waals surface area contributed by atoms with Crippen molar-refractivity contribution in [2.75, 3.05) is 33.0 Å². The van der Waals surface area contributed by atoms with Crippen molar-refractivity contribution in [2.24, 2.45) is 5.73 Å². The molecule has 3 rings (SSSR count). The maximum absolute atomic E-state index is 11.7. The molecule has 1 fully saturated rings. The molecule has 1 saturated heterocycles. The number of hydrogen-bond donors (Lipinski definition) is 2. The third-order valence-electron chi connectivity index (χ3n) is 5.13. The lowest BCUT2D eigenvalue weighted by molar-refractivity contribution is 0.157. The molecule has 0 aromatic carbocycles. The van der Waals surface area contributed by atoms with Crippen LogP contribution in [0, 0.1) is 0 Å². The molecule has 2 aromatic rings. The summed E-state index contributed by atoms with van der Waals surface area (Å²) in [5.41, 5.74) is 7.73. The van der Waals surface area contributed by atoms with Crippen LogP contribution in [0.3, 0.4) is 0 Å². The second kappa shape index (κ2) is 8.46. The minimum Gasteiger partial charge on any atom is -0.449 e. The van der Waals surface area contributed by atoms with E-state index in [1.54, 1.807) is 6.20 Å². The molecule has 0 aliphatic carbocycles. The van der Waals surface area contributed by atoms with Crippen LogP contribution >= 0.6 is 0 Å². The highest BCUT2D eigenvalue weighted by Gasteiger charge is 2.26. The molecular weight excluding hydrogens is 382 g/mol. The number of rotatable bonds is 7. The minimum absolute atomic E-state index is 0.129. The van der Waals surface area contributed by atoms with Gasteiger partial charge in [0, 0.05) is 36.3 Å². The van der Waals surface area contributed by atoms with E-state index in [2.05, 4.69) is 26.2 Å². The molecule has 3 heterocycles. The molecule has 0 unspecified atom stereocenters. The fourth-order valence-corrected chi connectivity index (χ4v) is 4.23. The van der Waals surface area contributed by atoms with E-state index in [4.69, 9.17) is 10.5 Å². The first-order valence-electron chi connectivity index (χ1n) is 9.28. The molecule has 1 aliphatic rings. The van der Waals surface area contributed by atoms with Crippen molar-refractivity contribution in [3.8, 4) is 0 Å². The van der Waals surface area contributed by atoms with Crippen LogP contribution in [0.4, 0.5) is 4.79 Å². The van der Waals surface area contributed by atoms with E-state index in [-0.39, 0.29) is 19.2 Å². The minimum atomic E-state index is -3.36. The number of fused-ring (bicyclic) bond motifs is 1. The smallest absolute Gasteiger partial charge is 0.404 e. The van der Waals surface area contributed by atoms with Crippen LogP contribution in [-0.2, 0) is 27.7 Å². The van der Waals surface area contributed by atoms with Crippen molar-refractivity contribution in [2.45, 2.75) is 31.8 Å². The van der Waals surface area contributed by atoms with Gasteiger partial charge in [0.25, 0.3) is 0 Å². The number of sulfonamides is 1. The Morgan fingerprint density at radius 3 is 2.75 bits per heavy atom. The molecule has 0 atom stereocenters. The van der Waals surface area contributed by atoms with E-state index in [1.165, 1.54) is 0 Å². The lowest BCUT2D eigenvalue weighted by Gasteiger charge is -2.31. The monoisotopic (exact) mass is 409 g/mol. The predicted molar refractivity (Wildman–Crippen MR) is 106 cm³/mol. The number of carbonyl (C=O) groups is 1. The van der Waals surface area contributed by atoms with E-state index in [9.17, 15) is 13.2 Å². The first-order chi connectivity index (χ1) is 13.3. The number of aromatic nitrogens is 2. The molecule has 28 heavy (non-hydrogen) atoms. The first kappa shape index (κ1) is 20.6. The van der Waals surface area contributed by atoms with Gasteiger partial charge >= 0.3 is 6.09 Å². The van der Waals surface area contributed by atoms with Crippen LogP contribution < -0.4 is 10.5 Å². The Morgan fingerprint density at radius 2 is 2.11 bits per heavy atom. The predicted octanol–water partition coefficient (Wildman–Crippen LogP) is 0.990. The van der Waals surface area contributed by atoms with E-state index in [0.29, 0.717) is 6.42 Å². The summed E-state index contributed by atoms with van der Waals surface area (Å²) in [4.78, 5) is 17.9. The zero-order valence-electron chi connectivity index (χ0n) is 16.2. The zero-order valence-corrected chi connectivity index (χ0v) is 17.0. The molecule has 0 radical (unpaired) electrons. The molecule has 9 nitrogen and oxygen atoms in total. The largest absolute Gasteiger partial charge is 0.449 e. The normalized spacial score (nSPS) is 16.5. The Balaban J connectivity index is 2.05. The third-order valence-corrected chi connectivity index (χ3v) is 5.80. The maximum Gasteiger partial charge on any atom is 0.404 e. The number of hydrogen-bond acceptors (Lipinski definition) is 6. The molecule has 1 aliphatic heterocycles. The number of piperidine rings is 1. The number of nitrogens with zero attached hydrogens (tertiary/aromatic N) is 3. The van der Waals surface area contributed by atoms with Gasteiger partial charge in [-0.15, -0.1) is 0 Å². The maximum atomic E-state index is 11.7. The number of amides is 1. The van der Waals surface area contributed by atoms with Crippen molar-refractivity contribution >= 4 is 27.1 Å². The van der Waals surface area contributed by atoms with Gasteiger partial charge in [-0.1, -0.05) is 0 Å². The highest BCUT2D eigenvalue weighted by atomic mass is 32.2. The second-order valence-corrected chi connectivity index (χ2v) is 9.05. The summed E-state index contributed by atoms with van der Waals surface area (Å²) in [7, 11) is -1.25. The van der Waals surface area contributed by atoms with Gasteiger partial charge < -0.3 is 19.9 Å². The highest BCUT2D eigenvalue weighted by molar-refractivity contribution is 7.88. The van der Waals surface area contributed by atoms with Crippen LogP contribution in [0.5, 0.6) is 0 Å². The van der Waals surface area contributed by atoms with Crippen molar-refractivity contribution in [1.29, 1.82) is 0 Å². The quantitative estimate of drug-likeness (QED) is 0.704. The van der Waals surface area contributed by atoms with Gasteiger partial charge in [0.2, 0.25) is 10.0 Å². The molecular formula is C18H27N5O4S. The molecule has 3 N–H and O–H groups in total. The van der Waals surface area contributed by atoms with E-state index in [0.717, 1.165) is 54.5 Å². The fraction of sp³-hybridized carbons (Fsp3) is 0.556. The summed E-state index contributed by atoms with van der Waals surface area (Å²) >= 11 is 0. The molecule has 154 valence electrons. The van der Waals surface area contributed by atoms with Gasteiger partial charge in [0.05, 0.1) is 12.9 Å². The van der Waals surface area contributed by atoms with E-state index < -0.39 is 16.1 Å². The van der Waals surface area contributed by atoms with Crippen LogP contribution in [-0.4, -0.2) is 62.0 Å². The van der Waals surface area contributed by atoms with Crippen molar-refractivity contribution in [1.82, 2.24) is 19.2 Å². The Kier molecular flexibility index (Phi) is 6.21. The average molecular weight is 410 g/mol. The van der Waals surface area contributed by atoms with Gasteiger partial charge in [0.15, 0.2) is 0 Å². The summed E-state index contributed by atoms with van der Waals surface area (Å²) in [5, 5.41) is 0.909. The number of carbonyl (C=O) groups excluding carboxylic acids is 1. The molecule has 0 saturated carbocycles. The van der Waals surface area contributed by atoms with Gasteiger partial charge in [-0.25, -0.2) is 22.9 Å². The first-order valence-corrected chi connectivity index (χ1v) is 11.2. The molecule has 0 spiro atoms. The molecule has 1 amide bonds. The molecule has 10 heteroatoms. The van der Waals surface area contributed by atoms with Gasteiger partial charge in [-0.05, 0) is 50.7 Å². The van der Waals surface area contributed by atoms with Crippen molar-refractivity contribution < 1.29 is 17.9 Å². The standard InChI is InChI=1S/C18H27N5O4S/c1-22-9-5-13(6-10-22)23-16(7-11-27-18(19)24)15(12-21-28(2,25)26)14-4-3-8-20-17(14)23/h3-4,8,13,21H,5-7,9-12H2,1-2H3,(H2,19,24). The summed E-state index contributed by atoms with van der Waals surface area (Å²) < 4.78 is 33.1. The van der Waals surface area contributed by atoms with Crippen LogP contribution in [0.15, 0.2) is 18.3 Å². The lowest BCUT2D eigenvalue weighted by atomic mass is 10.0. The molecule has 0 bridgehead atoms. The third kappa shape index (κ3) is 4.81. The van der Waals surface area contributed by atoms with E-state index in [1.807, 2.05) is 12.1 Å². The Bertz CT molecular complexity index is 948. The van der Waals surface area contributed by atoms with Gasteiger partial charge in [0.1, 0.15) is 5.65 Å². The highest BCUT2D eigenvalue weighted by Crippen LogP contribution is 2.33. The average Bonchev–Trinajstić information content (AvgIpc) is 2.93. The van der Waals surface area contributed by atoms with Gasteiger partial charge in [-0.2, -0.15) is 0 Å². The lowest BCUT2D eigenvalue weighted by Crippen LogP contribution is -2.32. The number of primary amides is 1. The fourth-order valence-electron chi connectivity index (χ4n) is 3.82.